The van der Waals surface area contributed by atoms with Crippen molar-refractivity contribution in [2.75, 3.05) is 32.2 Å². The zero-order valence-electron chi connectivity index (χ0n) is 19.8. The molecule has 1 heterocycles. The molecule has 1 saturated heterocycles. The van der Waals surface area contributed by atoms with Crippen LogP contribution in [0.25, 0.3) is 0 Å². The number of nitrogens with zero attached hydrogens (tertiary/aromatic N) is 1. The molecule has 0 aromatic heterocycles. The molecule has 3 rings (SSSR count). The summed E-state index contributed by atoms with van der Waals surface area (Å²) < 4.78 is 5.30. The number of nitrogens with one attached hydrogen (secondary N) is 2. The number of aryl methyl sites for hydroxylation is 1. The van der Waals surface area contributed by atoms with Gasteiger partial charge in [-0.2, -0.15) is 11.8 Å². The van der Waals surface area contributed by atoms with E-state index < -0.39 is 6.04 Å². The Hall–Kier alpha value is -2.51. The van der Waals surface area contributed by atoms with Crippen LogP contribution in [0.4, 0.5) is 0 Å². The number of hydrogen-bond donors (Lipinski definition) is 2. The number of piperidine rings is 1. The van der Waals surface area contributed by atoms with E-state index >= 15 is 0 Å². The number of carbonyl (C=O) groups excluding carboxylic acids is 2. The normalized spacial score (nSPS) is 15.6. The van der Waals surface area contributed by atoms with Crippen LogP contribution in [0, 0.1) is 6.92 Å². The van der Waals surface area contributed by atoms with E-state index in [9.17, 15) is 9.59 Å². The fourth-order valence-corrected chi connectivity index (χ4v) is 4.65. The molecule has 1 atom stereocenters. The van der Waals surface area contributed by atoms with Crippen LogP contribution in [0.1, 0.15) is 40.7 Å². The SMILES string of the molecule is COc1ccccc1C(=O)NC(CCSC)C(=O)NC1CCN(Cc2cccc(C)c2)CC1. The standard InChI is InChI=1S/C26H35N3O3S/c1-19-7-6-8-20(17-19)18-29-14-11-21(12-15-29)27-26(31)23(13-16-33-3)28-25(30)22-9-4-5-10-24(22)32-2/h4-10,17,21,23H,11-16,18H2,1-3H3,(H,27,31)(H,28,30). The lowest BCUT2D eigenvalue weighted by molar-refractivity contribution is -0.124. The van der Waals surface area contributed by atoms with Crippen LogP contribution in [-0.4, -0.2) is 61.0 Å². The van der Waals surface area contributed by atoms with Crippen molar-refractivity contribution >= 4 is 23.6 Å². The fraction of sp³-hybridized carbons (Fsp3) is 0.462. The number of benzene rings is 2. The molecule has 0 radical (unpaired) electrons. The van der Waals surface area contributed by atoms with Gasteiger partial charge in [0, 0.05) is 25.7 Å². The van der Waals surface area contributed by atoms with Gasteiger partial charge in [0.25, 0.3) is 5.91 Å². The molecule has 6 nitrogen and oxygen atoms in total. The van der Waals surface area contributed by atoms with Crippen molar-refractivity contribution in [2.24, 2.45) is 0 Å². The van der Waals surface area contributed by atoms with Crippen LogP contribution >= 0.6 is 11.8 Å². The fourth-order valence-electron chi connectivity index (χ4n) is 4.18. The minimum absolute atomic E-state index is 0.107. The molecule has 7 heteroatoms. The van der Waals surface area contributed by atoms with Crippen molar-refractivity contribution in [2.45, 2.75) is 44.8 Å². The van der Waals surface area contributed by atoms with Crippen LogP contribution in [0.3, 0.4) is 0 Å². The summed E-state index contributed by atoms with van der Waals surface area (Å²) in [5, 5.41) is 6.11. The number of carbonyl (C=O) groups is 2. The van der Waals surface area contributed by atoms with Crippen LogP contribution in [0.2, 0.25) is 0 Å². The Labute approximate surface area is 201 Å². The van der Waals surface area contributed by atoms with Gasteiger partial charge < -0.3 is 15.4 Å². The van der Waals surface area contributed by atoms with Gasteiger partial charge in [-0.25, -0.2) is 0 Å². The predicted molar refractivity (Wildman–Crippen MR) is 135 cm³/mol. The second-order valence-corrected chi connectivity index (χ2v) is 9.54. The van der Waals surface area contributed by atoms with Crippen molar-refractivity contribution in [1.29, 1.82) is 0 Å². The third kappa shape index (κ3) is 7.51. The molecule has 2 aromatic rings. The van der Waals surface area contributed by atoms with Crippen LogP contribution in [0.5, 0.6) is 5.75 Å². The number of amides is 2. The van der Waals surface area contributed by atoms with E-state index in [4.69, 9.17) is 4.74 Å². The summed E-state index contributed by atoms with van der Waals surface area (Å²) in [5.74, 6) is 0.894. The van der Waals surface area contributed by atoms with Crippen molar-refractivity contribution in [3.8, 4) is 5.75 Å². The second-order valence-electron chi connectivity index (χ2n) is 8.56. The van der Waals surface area contributed by atoms with Gasteiger partial charge in [-0.05, 0) is 55.9 Å². The van der Waals surface area contributed by atoms with E-state index in [1.807, 2.05) is 12.3 Å². The molecule has 1 unspecified atom stereocenters. The first-order chi connectivity index (χ1) is 16.0. The summed E-state index contributed by atoms with van der Waals surface area (Å²) >= 11 is 1.66. The Balaban J connectivity index is 1.54. The average molecular weight is 470 g/mol. The molecule has 2 aromatic carbocycles. The highest BCUT2D eigenvalue weighted by Gasteiger charge is 2.26. The summed E-state index contributed by atoms with van der Waals surface area (Å²) in [5.41, 5.74) is 3.04. The van der Waals surface area contributed by atoms with Crippen molar-refractivity contribution in [3.63, 3.8) is 0 Å². The van der Waals surface area contributed by atoms with Gasteiger partial charge in [0.15, 0.2) is 0 Å². The Morgan fingerprint density at radius 3 is 2.61 bits per heavy atom. The summed E-state index contributed by atoms with van der Waals surface area (Å²) in [7, 11) is 1.54. The number of methoxy groups -OCH3 is 1. The summed E-state index contributed by atoms with van der Waals surface area (Å²) in [6.45, 7) is 4.95. The first-order valence-corrected chi connectivity index (χ1v) is 12.9. The number of ether oxygens (including phenoxy) is 1. The lowest BCUT2D eigenvalue weighted by Gasteiger charge is -2.33. The van der Waals surface area contributed by atoms with Crippen molar-refractivity contribution in [1.82, 2.24) is 15.5 Å². The van der Waals surface area contributed by atoms with E-state index in [0.29, 0.717) is 17.7 Å². The molecule has 178 valence electrons. The highest BCUT2D eigenvalue weighted by Crippen LogP contribution is 2.18. The van der Waals surface area contributed by atoms with Gasteiger partial charge in [-0.3, -0.25) is 14.5 Å². The molecule has 0 saturated carbocycles. The zero-order valence-corrected chi connectivity index (χ0v) is 20.6. The minimum Gasteiger partial charge on any atom is -0.496 e. The highest BCUT2D eigenvalue weighted by atomic mass is 32.2. The monoisotopic (exact) mass is 469 g/mol. The van der Waals surface area contributed by atoms with E-state index in [1.54, 1.807) is 30.0 Å². The molecule has 0 spiro atoms. The molecular weight excluding hydrogens is 434 g/mol. The topological polar surface area (TPSA) is 70.7 Å². The molecule has 2 N–H and O–H groups in total. The van der Waals surface area contributed by atoms with E-state index in [0.717, 1.165) is 38.2 Å². The van der Waals surface area contributed by atoms with Gasteiger partial charge in [0.1, 0.15) is 11.8 Å². The van der Waals surface area contributed by atoms with Gasteiger partial charge >= 0.3 is 0 Å². The average Bonchev–Trinajstić information content (AvgIpc) is 2.82. The lowest BCUT2D eigenvalue weighted by Crippen LogP contribution is -2.52. The van der Waals surface area contributed by atoms with Crippen LogP contribution in [-0.2, 0) is 11.3 Å². The number of hydrogen-bond acceptors (Lipinski definition) is 5. The number of rotatable bonds is 10. The van der Waals surface area contributed by atoms with E-state index in [1.165, 1.54) is 18.2 Å². The molecule has 1 aliphatic heterocycles. The number of thioether (sulfide) groups is 1. The van der Waals surface area contributed by atoms with Crippen LogP contribution < -0.4 is 15.4 Å². The van der Waals surface area contributed by atoms with Gasteiger partial charge in [0.2, 0.25) is 5.91 Å². The highest BCUT2D eigenvalue weighted by molar-refractivity contribution is 7.98. The molecule has 0 bridgehead atoms. The smallest absolute Gasteiger partial charge is 0.255 e. The Morgan fingerprint density at radius 2 is 1.91 bits per heavy atom. The first-order valence-electron chi connectivity index (χ1n) is 11.5. The third-order valence-corrected chi connectivity index (χ3v) is 6.65. The summed E-state index contributed by atoms with van der Waals surface area (Å²) in [4.78, 5) is 28.4. The zero-order chi connectivity index (χ0) is 23.6. The molecule has 1 aliphatic rings. The maximum absolute atomic E-state index is 13.1. The van der Waals surface area contributed by atoms with Crippen LogP contribution in [0.15, 0.2) is 48.5 Å². The molecule has 33 heavy (non-hydrogen) atoms. The minimum atomic E-state index is -0.569. The van der Waals surface area contributed by atoms with Gasteiger partial charge in [0.05, 0.1) is 12.7 Å². The molecule has 1 fully saturated rings. The van der Waals surface area contributed by atoms with Gasteiger partial charge in [-0.15, -0.1) is 0 Å². The van der Waals surface area contributed by atoms with E-state index in [-0.39, 0.29) is 17.9 Å². The second kappa shape index (κ2) is 12.7. The Morgan fingerprint density at radius 1 is 1.15 bits per heavy atom. The molecule has 2 amide bonds. The largest absolute Gasteiger partial charge is 0.496 e. The predicted octanol–water partition coefficient (Wildman–Crippen LogP) is 3.64. The van der Waals surface area contributed by atoms with Crippen molar-refractivity contribution in [3.05, 3.63) is 65.2 Å². The van der Waals surface area contributed by atoms with E-state index in [2.05, 4.69) is 46.7 Å². The summed E-state index contributed by atoms with van der Waals surface area (Å²) in [6.07, 6.45) is 4.40. The number of para-hydroxylation sites is 1. The Bertz CT molecular complexity index is 929. The quantitative estimate of drug-likeness (QED) is 0.556. The van der Waals surface area contributed by atoms with Crippen molar-refractivity contribution < 1.29 is 14.3 Å². The summed E-state index contributed by atoms with van der Waals surface area (Å²) in [6, 6.07) is 15.2. The third-order valence-electron chi connectivity index (χ3n) is 6.01. The maximum atomic E-state index is 13.1. The first kappa shape index (κ1) is 25.1. The Kier molecular flexibility index (Phi) is 9.63. The molecule has 0 aliphatic carbocycles. The molecular formula is C26H35N3O3S. The number of likely N-dealkylation sites (tertiary alicyclic amines) is 1. The maximum Gasteiger partial charge on any atom is 0.255 e. The lowest BCUT2D eigenvalue weighted by atomic mass is 10.0. The van der Waals surface area contributed by atoms with Gasteiger partial charge in [-0.1, -0.05) is 42.0 Å².